The van der Waals surface area contributed by atoms with E-state index in [1.807, 2.05) is 30.5 Å². The highest BCUT2D eigenvalue weighted by Gasteiger charge is 2.40. The van der Waals surface area contributed by atoms with Crippen molar-refractivity contribution >= 4 is 33.7 Å². The van der Waals surface area contributed by atoms with Crippen LogP contribution in [0.5, 0.6) is 5.75 Å². The maximum atomic E-state index is 12.5. The number of hydrogen-bond acceptors (Lipinski definition) is 5. The quantitative estimate of drug-likeness (QED) is 0.383. The number of pyridine rings is 1. The lowest BCUT2D eigenvalue weighted by Gasteiger charge is -2.22. The van der Waals surface area contributed by atoms with E-state index in [2.05, 4.69) is 51.7 Å². The Morgan fingerprint density at radius 3 is 2.78 bits per heavy atom. The number of nitrogens with one attached hydrogen (secondary N) is 1. The molecule has 1 aliphatic heterocycles. The molecule has 184 valence electrons. The number of benzene rings is 2. The Bertz CT molecular complexity index is 1310. The minimum Gasteiger partial charge on any atom is -0.493 e. The second-order valence-electron chi connectivity index (χ2n) is 10.1. The number of ether oxygens (including phenoxy) is 1. The summed E-state index contributed by atoms with van der Waals surface area (Å²) >= 11 is 1.45. The van der Waals surface area contributed by atoms with Crippen molar-refractivity contribution in [3.05, 3.63) is 82.9 Å². The van der Waals surface area contributed by atoms with Crippen LogP contribution in [0.25, 0.3) is 10.9 Å². The topological polar surface area (TPSA) is 63.6 Å². The molecule has 1 N–H and O–H groups in total. The predicted molar refractivity (Wildman–Crippen MR) is 146 cm³/mol. The van der Waals surface area contributed by atoms with Gasteiger partial charge >= 0.3 is 0 Å². The SMILES string of the molecule is O=C1N=C(N[C@@H]2C[C@H]2c2ccccc2)S/C1=C\Cc1ccc2nccc(OCC3CCCCC3)c2c1. The zero-order valence-corrected chi connectivity index (χ0v) is 21.2. The zero-order valence-electron chi connectivity index (χ0n) is 20.4. The van der Waals surface area contributed by atoms with Gasteiger partial charge in [-0.2, -0.15) is 4.99 Å². The minimum absolute atomic E-state index is 0.154. The number of carbonyl (C=O) groups is 1. The smallest absolute Gasteiger partial charge is 0.285 e. The number of amidine groups is 1. The van der Waals surface area contributed by atoms with E-state index >= 15 is 0 Å². The molecule has 1 amide bonds. The van der Waals surface area contributed by atoms with Gasteiger partial charge in [0.25, 0.3) is 5.91 Å². The molecule has 2 atom stereocenters. The van der Waals surface area contributed by atoms with Crippen LogP contribution in [0.15, 0.2) is 76.8 Å². The first kappa shape index (κ1) is 23.3. The molecule has 0 spiro atoms. The minimum atomic E-state index is -0.154. The molecule has 3 aliphatic rings. The summed E-state index contributed by atoms with van der Waals surface area (Å²) in [7, 11) is 0. The van der Waals surface area contributed by atoms with Gasteiger partial charge in [-0.25, -0.2) is 0 Å². The van der Waals surface area contributed by atoms with Crippen molar-refractivity contribution in [1.29, 1.82) is 0 Å². The van der Waals surface area contributed by atoms with Gasteiger partial charge in [-0.05, 0) is 72.7 Å². The Labute approximate surface area is 216 Å². The summed E-state index contributed by atoms with van der Waals surface area (Å²) in [4.78, 5) is 22.0. The van der Waals surface area contributed by atoms with Crippen LogP contribution in [0.1, 0.15) is 55.6 Å². The number of aromatic nitrogens is 1. The molecule has 2 saturated carbocycles. The Hall–Kier alpha value is -3.12. The average Bonchev–Trinajstić information content (AvgIpc) is 3.60. The molecular weight excluding hydrogens is 466 g/mol. The first-order valence-electron chi connectivity index (χ1n) is 13.1. The third kappa shape index (κ3) is 5.34. The van der Waals surface area contributed by atoms with Crippen LogP contribution < -0.4 is 10.1 Å². The van der Waals surface area contributed by atoms with Crippen LogP contribution in [-0.2, 0) is 11.2 Å². The summed E-state index contributed by atoms with van der Waals surface area (Å²) in [6.07, 6.45) is 12.1. The second kappa shape index (κ2) is 10.5. The fraction of sp³-hybridized carbons (Fsp3) is 0.367. The van der Waals surface area contributed by atoms with Gasteiger partial charge in [0.05, 0.1) is 17.0 Å². The zero-order chi connectivity index (χ0) is 24.3. The molecule has 0 radical (unpaired) electrons. The third-order valence-electron chi connectivity index (χ3n) is 7.44. The molecule has 2 aromatic carbocycles. The Balaban J connectivity index is 1.08. The van der Waals surface area contributed by atoms with Crippen molar-refractivity contribution in [3.8, 4) is 5.75 Å². The van der Waals surface area contributed by atoms with E-state index < -0.39 is 0 Å². The first-order valence-corrected chi connectivity index (χ1v) is 13.9. The van der Waals surface area contributed by atoms with Gasteiger partial charge in [-0.15, -0.1) is 0 Å². The van der Waals surface area contributed by atoms with Gasteiger partial charge in [0, 0.05) is 23.5 Å². The Morgan fingerprint density at radius 2 is 1.92 bits per heavy atom. The normalized spacial score (nSPS) is 23.2. The van der Waals surface area contributed by atoms with Crippen LogP contribution in [0.4, 0.5) is 0 Å². The number of carbonyl (C=O) groups excluding carboxylic acids is 1. The molecule has 3 aromatic rings. The number of hydrogen-bond donors (Lipinski definition) is 1. The van der Waals surface area contributed by atoms with Gasteiger partial charge in [0.15, 0.2) is 5.17 Å². The van der Waals surface area contributed by atoms with Crippen LogP contribution >= 0.6 is 11.8 Å². The lowest BCUT2D eigenvalue weighted by Crippen LogP contribution is -2.22. The average molecular weight is 498 g/mol. The molecule has 5 nitrogen and oxygen atoms in total. The van der Waals surface area contributed by atoms with Crippen LogP contribution in [0.3, 0.4) is 0 Å². The monoisotopic (exact) mass is 497 g/mol. The Morgan fingerprint density at radius 1 is 1.06 bits per heavy atom. The number of thioether (sulfide) groups is 1. The number of fused-ring (bicyclic) bond motifs is 1. The van der Waals surface area contributed by atoms with E-state index in [-0.39, 0.29) is 5.91 Å². The molecule has 2 aliphatic carbocycles. The van der Waals surface area contributed by atoms with Crippen molar-refractivity contribution in [1.82, 2.24) is 10.3 Å². The van der Waals surface area contributed by atoms with E-state index in [0.29, 0.717) is 29.2 Å². The fourth-order valence-electron chi connectivity index (χ4n) is 5.28. The molecule has 1 aromatic heterocycles. The molecular formula is C30H31N3O2S. The molecule has 2 heterocycles. The number of amides is 1. The number of nitrogens with zero attached hydrogens (tertiary/aromatic N) is 2. The van der Waals surface area contributed by atoms with Gasteiger partial charge < -0.3 is 10.1 Å². The van der Waals surface area contributed by atoms with E-state index in [1.54, 1.807) is 0 Å². The van der Waals surface area contributed by atoms with Crippen LogP contribution in [0.2, 0.25) is 0 Å². The third-order valence-corrected chi connectivity index (χ3v) is 8.40. The largest absolute Gasteiger partial charge is 0.493 e. The molecule has 0 bridgehead atoms. The summed E-state index contributed by atoms with van der Waals surface area (Å²) in [6.45, 7) is 0.776. The van der Waals surface area contributed by atoms with E-state index in [0.717, 1.165) is 40.4 Å². The maximum absolute atomic E-state index is 12.5. The standard InChI is InChI=1S/C30H31N3O2S/c34-29-28(36-30(33-29)32-26-18-23(26)22-9-5-2-6-10-22)14-12-20-11-13-25-24(17-20)27(15-16-31-25)35-19-21-7-3-1-4-8-21/h2,5-6,9-11,13-17,21,23,26H,1,3-4,7-8,12,18-19H2,(H,32,33,34)/b28-14-/t23-,26+/m0/s1. The van der Waals surface area contributed by atoms with Crippen molar-refractivity contribution in [2.45, 2.75) is 56.9 Å². The van der Waals surface area contributed by atoms with Crippen molar-refractivity contribution in [2.75, 3.05) is 6.61 Å². The van der Waals surface area contributed by atoms with Crippen LogP contribution in [0, 0.1) is 5.92 Å². The number of aliphatic imine (C=N–C) groups is 1. The highest BCUT2D eigenvalue weighted by Crippen LogP contribution is 2.41. The number of allylic oxidation sites excluding steroid dienone is 1. The maximum Gasteiger partial charge on any atom is 0.285 e. The Kier molecular flexibility index (Phi) is 6.77. The molecule has 2 fully saturated rings. The fourth-order valence-corrected chi connectivity index (χ4v) is 6.13. The summed E-state index contributed by atoms with van der Waals surface area (Å²) in [5, 5.41) is 5.21. The first-order chi connectivity index (χ1) is 17.7. The van der Waals surface area contributed by atoms with E-state index in [4.69, 9.17) is 4.74 Å². The van der Waals surface area contributed by atoms with Crippen molar-refractivity contribution < 1.29 is 9.53 Å². The van der Waals surface area contributed by atoms with Crippen molar-refractivity contribution in [3.63, 3.8) is 0 Å². The van der Waals surface area contributed by atoms with Gasteiger partial charge in [0.2, 0.25) is 0 Å². The lowest BCUT2D eigenvalue weighted by atomic mass is 9.90. The molecule has 0 saturated heterocycles. The van der Waals surface area contributed by atoms with E-state index in [1.165, 1.54) is 49.4 Å². The number of rotatable bonds is 7. The predicted octanol–water partition coefficient (Wildman–Crippen LogP) is 6.40. The highest BCUT2D eigenvalue weighted by molar-refractivity contribution is 8.18. The lowest BCUT2D eigenvalue weighted by molar-refractivity contribution is -0.113. The summed E-state index contributed by atoms with van der Waals surface area (Å²) in [5.74, 6) is 1.90. The molecule has 36 heavy (non-hydrogen) atoms. The second-order valence-corrected chi connectivity index (χ2v) is 11.1. The van der Waals surface area contributed by atoms with Crippen LogP contribution in [-0.4, -0.2) is 28.7 Å². The molecule has 6 rings (SSSR count). The summed E-state index contributed by atoms with van der Waals surface area (Å²) in [6, 6.07) is 19.1. The highest BCUT2D eigenvalue weighted by atomic mass is 32.2. The van der Waals surface area contributed by atoms with Gasteiger partial charge in [-0.1, -0.05) is 61.7 Å². The van der Waals surface area contributed by atoms with E-state index in [9.17, 15) is 4.79 Å². The molecule has 6 heteroatoms. The summed E-state index contributed by atoms with van der Waals surface area (Å²) in [5.41, 5.74) is 3.41. The van der Waals surface area contributed by atoms with Gasteiger partial charge in [0.1, 0.15) is 5.75 Å². The summed E-state index contributed by atoms with van der Waals surface area (Å²) < 4.78 is 6.27. The van der Waals surface area contributed by atoms with Crippen molar-refractivity contribution in [2.24, 2.45) is 10.9 Å². The molecule has 0 unspecified atom stereocenters. The van der Waals surface area contributed by atoms with Gasteiger partial charge in [-0.3, -0.25) is 9.78 Å².